The summed E-state index contributed by atoms with van der Waals surface area (Å²) in [4.78, 5) is 26.2. The van der Waals surface area contributed by atoms with Crippen LogP contribution in [0.2, 0.25) is 5.15 Å². The normalized spacial score (nSPS) is 29.7. The summed E-state index contributed by atoms with van der Waals surface area (Å²) in [6.07, 6.45) is -5.56. The van der Waals surface area contributed by atoms with E-state index in [9.17, 15) is 32.8 Å². The Balaban J connectivity index is 1.65. The fraction of sp³-hybridized carbons (Fsp3) is 0.588. The fourth-order valence-corrected chi connectivity index (χ4v) is 7.43. The Bertz CT molecular complexity index is 1310. The predicted molar refractivity (Wildman–Crippen MR) is 115 cm³/mol. The Morgan fingerprint density at radius 1 is 1.35 bits per heavy atom. The molecule has 186 valence electrons. The number of sulfone groups is 1. The van der Waals surface area contributed by atoms with Gasteiger partial charge in [-0.15, -0.1) is 0 Å². The van der Waals surface area contributed by atoms with Crippen LogP contribution in [-0.4, -0.2) is 84.7 Å². The van der Waals surface area contributed by atoms with E-state index in [4.69, 9.17) is 26.1 Å². The second-order valence-electron chi connectivity index (χ2n) is 8.25. The van der Waals surface area contributed by atoms with E-state index in [0.29, 0.717) is 0 Å². The number of rotatable bonds is 7. The van der Waals surface area contributed by atoms with Crippen molar-refractivity contribution in [2.24, 2.45) is 0 Å². The molecule has 2 aromatic heterocycles. The van der Waals surface area contributed by atoms with E-state index in [-0.39, 0.29) is 46.5 Å². The first-order chi connectivity index (χ1) is 15.8. The highest BCUT2D eigenvalue weighted by molar-refractivity contribution is 7.97. The summed E-state index contributed by atoms with van der Waals surface area (Å²) < 4.78 is 55.3. The molecule has 2 aromatic rings. The van der Waals surface area contributed by atoms with Gasteiger partial charge >= 0.3 is 7.60 Å². The second-order valence-corrected chi connectivity index (χ2v) is 12.8. The SMILES string of the molecule is N#Cc1c(Cl)nc2c(ncn2[C@@H]2O[C@H](CS(=O)(=O)CP(=O)(O)O)[C@@H](O)[C@H]2O)c1N[C@H]1C[C@H](F)C1. The molecule has 13 nitrogen and oxygen atoms in total. The number of aromatic nitrogens is 3. The number of nitrogens with zero attached hydrogens (tertiary/aromatic N) is 4. The molecule has 1 aliphatic carbocycles. The number of halogens is 2. The molecule has 2 fully saturated rings. The van der Waals surface area contributed by atoms with Gasteiger partial charge in [0.1, 0.15) is 41.6 Å². The number of ether oxygens (including phenoxy) is 1. The van der Waals surface area contributed by atoms with Crippen molar-refractivity contribution in [2.75, 3.05) is 16.6 Å². The average Bonchev–Trinajstić information content (AvgIpc) is 3.20. The highest BCUT2D eigenvalue weighted by Gasteiger charge is 2.46. The Labute approximate surface area is 197 Å². The van der Waals surface area contributed by atoms with Crippen LogP contribution in [0, 0.1) is 11.3 Å². The summed E-state index contributed by atoms with van der Waals surface area (Å²) in [6.45, 7) is 0. The van der Waals surface area contributed by atoms with Crippen molar-refractivity contribution < 1.29 is 42.1 Å². The first-order valence-corrected chi connectivity index (χ1v) is 13.9. The number of nitrogens with one attached hydrogen (secondary N) is 1. The molecule has 2 aliphatic rings. The summed E-state index contributed by atoms with van der Waals surface area (Å²) in [5.74, 6) is -0.953. The lowest BCUT2D eigenvalue weighted by atomic mass is 9.90. The largest absolute Gasteiger partial charge is 0.387 e. The lowest BCUT2D eigenvalue weighted by Crippen LogP contribution is -2.37. The van der Waals surface area contributed by atoms with Crippen molar-refractivity contribution in [2.45, 2.75) is 49.6 Å². The lowest BCUT2D eigenvalue weighted by molar-refractivity contribution is -0.0292. The zero-order valence-corrected chi connectivity index (χ0v) is 19.7. The monoisotopic (exact) mass is 539 g/mol. The molecule has 4 atom stereocenters. The van der Waals surface area contributed by atoms with Crippen LogP contribution in [0.3, 0.4) is 0 Å². The van der Waals surface area contributed by atoms with Crippen LogP contribution in [0.1, 0.15) is 24.6 Å². The molecule has 5 N–H and O–H groups in total. The molecule has 0 radical (unpaired) electrons. The van der Waals surface area contributed by atoms with Crippen LogP contribution >= 0.6 is 19.2 Å². The molecule has 0 unspecified atom stereocenters. The van der Waals surface area contributed by atoms with E-state index in [2.05, 4.69) is 15.3 Å². The minimum Gasteiger partial charge on any atom is -0.387 e. The molecule has 34 heavy (non-hydrogen) atoms. The molecule has 1 saturated heterocycles. The van der Waals surface area contributed by atoms with Gasteiger partial charge in [0.25, 0.3) is 0 Å². The Hall–Kier alpha value is -1.89. The van der Waals surface area contributed by atoms with Crippen molar-refractivity contribution >= 4 is 45.9 Å². The van der Waals surface area contributed by atoms with E-state index in [0.717, 1.165) is 0 Å². The third kappa shape index (κ3) is 4.91. The van der Waals surface area contributed by atoms with Crippen LogP contribution in [0.15, 0.2) is 6.33 Å². The number of anilines is 1. The topological polar surface area (TPSA) is 208 Å². The van der Waals surface area contributed by atoms with Crippen molar-refractivity contribution in [3.8, 4) is 6.07 Å². The lowest BCUT2D eigenvalue weighted by Gasteiger charge is -2.31. The molecule has 0 amide bonds. The van der Waals surface area contributed by atoms with Gasteiger partial charge in [0, 0.05) is 6.04 Å². The van der Waals surface area contributed by atoms with Crippen molar-refractivity contribution in [3.63, 3.8) is 0 Å². The first kappa shape index (κ1) is 25.2. The van der Waals surface area contributed by atoms with Gasteiger partial charge in [0.15, 0.2) is 32.4 Å². The summed E-state index contributed by atoms with van der Waals surface area (Å²) >= 11 is 6.17. The summed E-state index contributed by atoms with van der Waals surface area (Å²) in [5.41, 5.74) is -1.05. The molecule has 17 heteroatoms. The van der Waals surface area contributed by atoms with Gasteiger partial charge in [-0.05, 0) is 12.8 Å². The molecule has 1 aliphatic heterocycles. The van der Waals surface area contributed by atoms with Crippen molar-refractivity contribution in [1.29, 1.82) is 5.26 Å². The molecular formula is C17H20ClFN5O8PS. The highest BCUT2D eigenvalue weighted by Crippen LogP contribution is 2.39. The molecule has 1 saturated carbocycles. The zero-order chi connectivity index (χ0) is 25.0. The summed E-state index contributed by atoms with van der Waals surface area (Å²) in [6, 6.07) is 1.66. The van der Waals surface area contributed by atoms with Gasteiger partial charge in [0.05, 0.1) is 17.8 Å². The number of hydrogen-bond acceptors (Lipinski definition) is 10. The number of nitriles is 1. The molecule has 0 bridgehead atoms. The van der Waals surface area contributed by atoms with E-state index in [1.807, 2.05) is 6.07 Å². The maximum Gasteiger partial charge on any atom is 0.340 e. The summed E-state index contributed by atoms with van der Waals surface area (Å²) in [7, 11) is -9.24. The molecule has 3 heterocycles. The molecular weight excluding hydrogens is 520 g/mol. The van der Waals surface area contributed by atoms with Crippen molar-refractivity contribution in [1.82, 2.24) is 14.5 Å². The minimum absolute atomic E-state index is 0.0175. The third-order valence-corrected chi connectivity index (χ3v) is 9.63. The Kier molecular flexibility index (Phi) is 6.64. The van der Waals surface area contributed by atoms with Crippen LogP contribution in [0.25, 0.3) is 11.2 Å². The van der Waals surface area contributed by atoms with E-state index in [1.165, 1.54) is 10.9 Å². The smallest absolute Gasteiger partial charge is 0.340 e. The summed E-state index contributed by atoms with van der Waals surface area (Å²) in [5, 5.41) is 33.2. The van der Waals surface area contributed by atoms with Crippen LogP contribution < -0.4 is 5.32 Å². The minimum atomic E-state index is -4.89. The predicted octanol–water partition coefficient (Wildman–Crippen LogP) is 0.0380. The number of aliphatic hydroxyl groups excluding tert-OH is 2. The number of fused-ring (bicyclic) bond motifs is 1. The van der Waals surface area contributed by atoms with Gasteiger partial charge in [0.2, 0.25) is 0 Å². The first-order valence-electron chi connectivity index (χ1n) is 9.93. The number of aliphatic hydroxyl groups is 2. The van der Waals surface area contributed by atoms with E-state index >= 15 is 0 Å². The maximum absolute atomic E-state index is 13.3. The van der Waals surface area contributed by atoms with Gasteiger partial charge in [-0.1, -0.05) is 11.6 Å². The number of hydrogen-bond donors (Lipinski definition) is 5. The standard InChI is InChI=1S/C17H20ClFN5O8PS/c18-15-9(3-20)11(22-8-1-7(19)2-8)12-16(23-15)24(5-21-12)17-14(26)13(25)10(32-17)4-34(30,31)6-33(27,28)29/h5,7-8,10,13-14,17,25-26H,1-2,4,6H2,(H,22,23)(H2,27,28,29)/t7-,8-,10-,13-,14-,17-/m1/s1. The molecule has 0 spiro atoms. The van der Waals surface area contributed by atoms with Gasteiger partial charge in [-0.25, -0.2) is 22.8 Å². The number of alkyl halides is 1. The highest BCUT2D eigenvalue weighted by atomic mass is 35.5. The van der Waals surface area contributed by atoms with Gasteiger partial charge < -0.3 is 30.1 Å². The van der Waals surface area contributed by atoms with Crippen LogP contribution in [-0.2, 0) is 19.1 Å². The quantitative estimate of drug-likeness (QED) is 0.233. The third-order valence-electron chi connectivity index (χ3n) is 5.60. The van der Waals surface area contributed by atoms with E-state index < -0.39 is 59.4 Å². The Morgan fingerprint density at radius 2 is 2.03 bits per heavy atom. The van der Waals surface area contributed by atoms with Crippen LogP contribution in [0.5, 0.6) is 0 Å². The maximum atomic E-state index is 13.3. The molecule has 0 aromatic carbocycles. The number of imidazole rings is 1. The fourth-order valence-electron chi connectivity index (χ4n) is 3.97. The van der Waals surface area contributed by atoms with Crippen molar-refractivity contribution in [3.05, 3.63) is 17.0 Å². The van der Waals surface area contributed by atoms with Gasteiger partial charge in [-0.2, -0.15) is 5.26 Å². The van der Waals surface area contributed by atoms with Gasteiger partial charge in [-0.3, -0.25) is 9.13 Å². The second kappa shape index (κ2) is 8.96. The van der Waals surface area contributed by atoms with Crippen LogP contribution in [0.4, 0.5) is 10.1 Å². The Morgan fingerprint density at radius 3 is 2.62 bits per heavy atom. The zero-order valence-electron chi connectivity index (χ0n) is 17.2. The number of pyridine rings is 1. The van der Waals surface area contributed by atoms with E-state index in [1.54, 1.807) is 0 Å². The average molecular weight is 540 g/mol. The molecule has 4 rings (SSSR count).